The first kappa shape index (κ1) is 21.9. The molecule has 1 amide bonds. The van der Waals surface area contributed by atoms with Gasteiger partial charge in [0.1, 0.15) is 0 Å². The minimum absolute atomic E-state index is 0. The fourth-order valence-electron chi connectivity index (χ4n) is 3.22. The Morgan fingerprint density at radius 3 is 2.64 bits per heavy atom. The lowest BCUT2D eigenvalue weighted by Crippen LogP contribution is -2.56. The van der Waals surface area contributed by atoms with E-state index in [9.17, 15) is 4.79 Å². The molecule has 2 fully saturated rings. The van der Waals surface area contributed by atoms with E-state index in [1.54, 1.807) is 0 Å². The van der Waals surface area contributed by atoms with Gasteiger partial charge in [0.2, 0.25) is 5.91 Å². The first-order chi connectivity index (χ1) is 9.76. The molecule has 2 aliphatic rings. The first-order valence-corrected chi connectivity index (χ1v) is 8.07. The largest absolute Gasteiger partial charge is 0.380 e. The van der Waals surface area contributed by atoms with E-state index in [0.29, 0.717) is 11.9 Å². The van der Waals surface area contributed by atoms with Crippen LogP contribution in [0.1, 0.15) is 26.7 Å². The number of rotatable bonds is 6. The van der Waals surface area contributed by atoms with Gasteiger partial charge in [-0.25, -0.2) is 0 Å². The summed E-state index contributed by atoms with van der Waals surface area (Å²) in [6.07, 6.45) is 2.10. The summed E-state index contributed by atoms with van der Waals surface area (Å²) in [4.78, 5) is 17.0. The maximum absolute atomic E-state index is 12.5. The maximum Gasteiger partial charge on any atom is 0.227 e. The van der Waals surface area contributed by atoms with Gasteiger partial charge >= 0.3 is 0 Å². The summed E-state index contributed by atoms with van der Waals surface area (Å²) < 4.78 is 5.45. The Hall–Kier alpha value is -0.0700. The first-order valence-electron chi connectivity index (χ1n) is 8.07. The van der Waals surface area contributed by atoms with Gasteiger partial charge in [0, 0.05) is 45.4 Å². The topological polar surface area (TPSA) is 44.8 Å². The fraction of sp³-hybridized carbons (Fsp3) is 0.933. The second-order valence-electron chi connectivity index (χ2n) is 5.77. The monoisotopic (exact) mass is 355 g/mol. The van der Waals surface area contributed by atoms with Crippen LogP contribution in [0.15, 0.2) is 0 Å². The van der Waals surface area contributed by atoms with Crippen molar-refractivity contribution in [2.45, 2.75) is 32.7 Å². The Balaban J connectivity index is 0.00000220. The fourth-order valence-corrected chi connectivity index (χ4v) is 3.22. The SMILES string of the molecule is CCOCCN1CCN(C(=O)C2CCNC2)CC1CC.Cl.Cl. The molecule has 2 saturated heterocycles. The van der Waals surface area contributed by atoms with Crippen LogP contribution in [0.25, 0.3) is 0 Å². The van der Waals surface area contributed by atoms with E-state index < -0.39 is 0 Å². The van der Waals surface area contributed by atoms with Gasteiger partial charge in [-0.2, -0.15) is 0 Å². The van der Waals surface area contributed by atoms with E-state index in [1.165, 1.54) is 0 Å². The number of carbonyl (C=O) groups is 1. The van der Waals surface area contributed by atoms with Gasteiger partial charge in [0.05, 0.1) is 12.5 Å². The van der Waals surface area contributed by atoms with Crippen molar-refractivity contribution in [1.29, 1.82) is 0 Å². The van der Waals surface area contributed by atoms with Gasteiger partial charge < -0.3 is 15.0 Å². The number of piperazine rings is 1. The average molecular weight is 356 g/mol. The molecule has 7 heteroatoms. The zero-order chi connectivity index (χ0) is 14.4. The molecular formula is C15H31Cl2N3O2. The molecule has 0 aliphatic carbocycles. The lowest BCUT2D eigenvalue weighted by molar-refractivity contribution is -0.138. The number of carbonyl (C=O) groups excluding carboxylic acids is 1. The van der Waals surface area contributed by atoms with E-state index in [0.717, 1.165) is 65.3 Å². The van der Waals surface area contributed by atoms with Gasteiger partial charge in [-0.3, -0.25) is 9.69 Å². The molecule has 2 aliphatic heterocycles. The van der Waals surface area contributed by atoms with Gasteiger partial charge in [0.15, 0.2) is 0 Å². The summed E-state index contributed by atoms with van der Waals surface area (Å²) in [5.74, 6) is 0.570. The van der Waals surface area contributed by atoms with Crippen LogP contribution >= 0.6 is 24.8 Å². The Kier molecular flexibility index (Phi) is 11.4. The number of hydrogen-bond acceptors (Lipinski definition) is 4. The molecular weight excluding hydrogens is 325 g/mol. The Labute approximate surface area is 146 Å². The Morgan fingerprint density at radius 1 is 1.27 bits per heavy atom. The van der Waals surface area contributed by atoms with Crippen molar-refractivity contribution in [3.05, 3.63) is 0 Å². The third-order valence-electron chi connectivity index (χ3n) is 4.52. The number of nitrogens with one attached hydrogen (secondary N) is 1. The van der Waals surface area contributed by atoms with Crippen molar-refractivity contribution in [2.75, 3.05) is 52.5 Å². The molecule has 0 radical (unpaired) electrons. The standard InChI is InChI=1S/C15H29N3O2.2ClH/c1-3-14-12-18(15(19)13-5-6-16-11-13)8-7-17(14)9-10-20-4-2;;/h13-14,16H,3-12H2,1-2H3;2*1H. The maximum atomic E-state index is 12.5. The molecule has 2 atom stereocenters. The lowest BCUT2D eigenvalue weighted by atomic mass is 10.0. The second kappa shape index (κ2) is 11.5. The van der Waals surface area contributed by atoms with Crippen LogP contribution in [0, 0.1) is 5.92 Å². The summed E-state index contributed by atoms with van der Waals surface area (Å²) in [6, 6.07) is 0.488. The van der Waals surface area contributed by atoms with Crippen molar-refractivity contribution < 1.29 is 9.53 Å². The highest BCUT2D eigenvalue weighted by Gasteiger charge is 2.32. The van der Waals surface area contributed by atoms with Crippen LogP contribution in [0.3, 0.4) is 0 Å². The average Bonchev–Trinajstić information content (AvgIpc) is 3.01. The van der Waals surface area contributed by atoms with Crippen LogP contribution in [0.4, 0.5) is 0 Å². The summed E-state index contributed by atoms with van der Waals surface area (Å²) in [5, 5.41) is 3.29. The van der Waals surface area contributed by atoms with Crippen molar-refractivity contribution in [2.24, 2.45) is 5.92 Å². The Morgan fingerprint density at radius 2 is 2.05 bits per heavy atom. The van der Waals surface area contributed by atoms with E-state index in [4.69, 9.17) is 4.74 Å². The number of nitrogens with zero attached hydrogens (tertiary/aromatic N) is 2. The van der Waals surface area contributed by atoms with Crippen LogP contribution in [0.2, 0.25) is 0 Å². The number of ether oxygens (including phenoxy) is 1. The normalized spacial score (nSPS) is 25.5. The quantitative estimate of drug-likeness (QED) is 0.731. The zero-order valence-corrected chi connectivity index (χ0v) is 15.4. The van der Waals surface area contributed by atoms with Crippen molar-refractivity contribution >= 4 is 30.7 Å². The lowest BCUT2D eigenvalue weighted by Gasteiger charge is -2.41. The highest BCUT2D eigenvalue weighted by molar-refractivity contribution is 5.85. The molecule has 5 nitrogen and oxygen atoms in total. The molecule has 0 spiro atoms. The van der Waals surface area contributed by atoms with Crippen molar-refractivity contribution in [3.63, 3.8) is 0 Å². The van der Waals surface area contributed by atoms with E-state index in [1.807, 2.05) is 6.92 Å². The Bertz CT molecular complexity index is 315. The molecule has 0 bridgehead atoms. The smallest absolute Gasteiger partial charge is 0.227 e. The van der Waals surface area contributed by atoms with E-state index >= 15 is 0 Å². The van der Waals surface area contributed by atoms with Crippen LogP contribution in [0.5, 0.6) is 0 Å². The summed E-state index contributed by atoms with van der Waals surface area (Å²) in [6.45, 7) is 11.4. The molecule has 2 heterocycles. The molecule has 132 valence electrons. The molecule has 0 aromatic heterocycles. The molecule has 1 N–H and O–H groups in total. The predicted molar refractivity (Wildman–Crippen MR) is 94.2 cm³/mol. The molecule has 0 saturated carbocycles. The number of hydrogen-bond donors (Lipinski definition) is 1. The minimum atomic E-state index is 0. The highest BCUT2D eigenvalue weighted by atomic mass is 35.5. The number of halogens is 2. The van der Waals surface area contributed by atoms with Crippen molar-refractivity contribution in [1.82, 2.24) is 15.1 Å². The van der Waals surface area contributed by atoms with E-state index in [2.05, 4.69) is 22.0 Å². The molecule has 22 heavy (non-hydrogen) atoms. The summed E-state index contributed by atoms with van der Waals surface area (Å²) in [7, 11) is 0. The predicted octanol–water partition coefficient (Wildman–Crippen LogP) is 1.40. The molecule has 2 rings (SSSR count). The third kappa shape index (κ3) is 5.85. The van der Waals surface area contributed by atoms with Crippen LogP contribution < -0.4 is 5.32 Å². The molecule has 0 aromatic carbocycles. The highest BCUT2D eigenvalue weighted by Crippen LogP contribution is 2.17. The van der Waals surface area contributed by atoms with Gasteiger partial charge in [0.25, 0.3) is 0 Å². The van der Waals surface area contributed by atoms with Crippen molar-refractivity contribution in [3.8, 4) is 0 Å². The third-order valence-corrected chi connectivity index (χ3v) is 4.52. The van der Waals surface area contributed by atoms with Crippen LogP contribution in [-0.2, 0) is 9.53 Å². The summed E-state index contributed by atoms with van der Waals surface area (Å²) >= 11 is 0. The molecule has 2 unspecified atom stereocenters. The van der Waals surface area contributed by atoms with Gasteiger partial charge in [-0.15, -0.1) is 24.8 Å². The molecule has 0 aromatic rings. The zero-order valence-electron chi connectivity index (χ0n) is 13.8. The number of amides is 1. The minimum Gasteiger partial charge on any atom is -0.380 e. The van der Waals surface area contributed by atoms with Gasteiger partial charge in [-0.1, -0.05) is 6.92 Å². The van der Waals surface area contributed by atoms with E-state index in [-0.39, 0.29) is 30.7 Å². The van der Waals surface area contributed by atoms with Crippen LogP contribution in [-0.4, -0.2) is 74.2 Å². The second-order valence-corrected chi connectivity index (χ2v) is 5.77. The van der Waals surface area contributed by atoms with Gasteiger partial charge in [-0.05, 0) is 26.3 Å². The summed E-state index contributed by atoms with van der Waals surface area (Å²) in [5.41, 5.74) is 0.